The van der Waals surface area contributed by atoms with Crippen molar-refractivity contribution >= 4 is 29.3 Å². The van der Waals surface area contributed by atoms with Gasteiger partial charge in [-0.25, -0.2) is 0 Å². The summed E-state index contributed by atoms with van der Waals surface area (Å²) >= 11 is 1.77. The van der Waals surface area contributed by atoms with Gasteiger partial charge in [-0.15, -0.1) is 11.8 Å². The van der Waals surface area contributed by atoms with E-state index < -0.39 is 5.97 Å². The molecule has 1 heterocycles. The molecule has 0 aliphatic carbocycles. The number of thioether (sulfide) groups is 1. The molecule has 6 heteroatoms. The molecule has 0 saturated heterocycles. The third kappa shape index (κ3) is 4.87. The SMILES string of the molecule is COc1cc(CC(=O)OCC(=O)N2CCC(C)Sc3ccccc32)ccc1C. The summed E-state index contributed by atoms with van der Waals surface area (Å²) in [6.45, 7) is 4.47. The van der Waals surface area contributed by atoms with Crippen LogP contribution in [0.1, 0.15) is 24.5 Å². The molecule has 2 aromatic carbocycles. The summed E-state index contributed by atoms with van der Waals surface area (Å²) in [6.07, 6.45) is 0.996. The number of carbonyl (C=O) groups is 2. The smallest absolute Gasteiger partial charge is 0.310 e. The second-order valence-corrected chi connectivity index (χ2v) is 8.35. The highest BCUT2D eigenvalue weighted by molar-refractivity contribution is 8.00. The molecule has 1 unspecified atom stereocenters. The van der Waals surface area contributed by atoms with Crippen LogP contribution in [0.25, 0.3) is 0 Å². The van der Waals surface area contributed by atoms with Crippen LogP contribution in [0.5, 0.6) is 5.75 Å². The number of esters is 1. The van der Waals surface area contributed by atoms with Gasteiger partial charge >= 0.3 is 5.97 Å². The summed E-state index contributed by atoms with van der Waals surface area (Å²) < 4.78 is 10.6. The topological polar surface area (TPSA) is 55.8 Å². The van der Waals surface area contributed by atoms with Crippen LogP contribution >= 0.6 is 11.8 Å². The Balaban J connectivity index is 1.61. The van der Waals surface area contributed by atoms with E-state index in [1.54, 1.807) is 23.8 Å². The van der Waals surface area contributed by atoms with Crippen LogP contribution < -0.4 is 9.64 Å². The van der Waals surface area contributed by atoms with Crippen LogP contribution in [0.3, 0.4) is 0 Å². The molecule has 0 saturated carbocycles. The van der Waals surface area contributed by atoms with Crippen molar-refractivity contribution < 1.29 is 19.1 Å². The van der Waals surface area contributed by atoms with E-state index in [0.29, 0.717) is 11.8 Å². The Labute approximate surface area is 170 Å². The maximum absolute atomic E-state index is 12.7. The number of rotatable bonds is 5. The maximum atomic E-state index is 12.7. The fourth-order valence-corrected chi connectivity index (χ4v) is 4.27. The lowest BCUT2D eigenvalue weighted by atomic mass is 10.1. The first kappa shape index (κ1) is 20.3. The number of ether oxygens (including phenoxy) is 2. The summed E-state index contributed by atoms with van der Waals surface area (Å²) in [5.74, 6) is 0.108. The van der Waals surface area contributed by atoms with E-state index in [0.717, 1.165) is 33.9 Å². The van der Waals surface area contributed by atoms with Crippen LogP contribution in [0.15, 0.2) is 47.4 Å². The normalized spacial score (nSPS) is 16.1. The number of aryl methyl sites for hydroxylation is 1. The highest BCUT2D eigenvalue weighted by Gasteiger charge is 2.24. The Hall–Kier alpha value is -2.47. The minimum absolute atomic E-state index is 0.105. The van der Waals surface area contributed by atoms with Crippen molar-refractivity contribution in [3.8, 4) is 5.75 Å². The molecule has 148 valence electrons. The summed E-state index contributed by atoms with van der Waals surface area (Å²) in [4.78, 5) is 27.8. The Kier molecular flexibility index (Phi) is 6.62. The van der Waals surface area contributed by atoms with E-state index in [1.807, 2.05) is 49.4 Å². The zero-order valence-corrected chi connectivity index (χ0v) is 17.3. The minimum Gasteiger partial charge on any atom is -0.496 e. The van der Waals surface area contributed by atoms with Crippen molar-refractivity contribution in [2.45, 2.75) is 36.8 Å². The third-order valence-electron chi connectivity index (χ3n) is 4.72. The van der Waals surface area contributed by atoms with Crippen molar-refractivity contribution in [1.82, 2.24) is 0 Å². The van der Waals surface area contributed by atoms with Crippen LogP contribution in [0.2, 0.25) is 0 Å². The molecule has 28 heavy (non-hydrogen) atoms. The quantitative estimate of drug-likeness (QED) is 0.711. The number of hydrogen-bond acceptors (Lipinski definition) is 5. The lowest BCUT2D eigenvalue weighted by Crippen LogP contribution is -2.36. The molecular weight excluding hydrogens is 374 g/mol. The lowest BCUT2D eigenvalue weighted by Gasteiger charge is -2.22. The first-order chi connectivity index (χ1) is 13.5. The van der Waals surface area contributed by atoms with E-state index >= 15 is 0 Å². The predicted molar refractivity (Wildman–Crippen MR) is 111 cm³/mol. The monoisotopic (exact) mass is 399 g/mol. The van der Waals surface area contributed by atoms with Crippen molar-refractivity contribution in [3.63, 3.8) is 0 Å². The predicted octanol–water partition coefficient (Wildman–Crippen LogP) is 4.01. The van der Waals surface area contributed by atoms with Crippen molar-refractivity contribution in [2.24, 2.45) is 0 Å². The number of carbonyl (C=O) groups excluding carboxylic acids is 2. The first-order valence-corrected chi connectivity index (χ1v) is 10.2. The van der Waals surface area contributed by atoms with Gasteiger partial charge < -0.3 is 14.4 Å². The molecule has 0 radical (unpaired) electrons. The molecule has 5 nitrogen and oxygen atoms in total. The average Bonchev–Trinajstić information content (AvgIpc) is 2.85. The number of fused-ring (bicyclic) bond motifs is 1. The number of para-hydroxylation sites is 1. The molecule has 0 fully saturated rings. The fraction of sp³-hybridized carbons (Fsp3) is 0.364. The summed E-state index contributed by atoms with van der Waals surface area (Å²) in [5, 5.41) is 0.429. The number of amides is 1. The second-order valence-electron chi connectivity index (χ2n) is 6.87. The number of methoxy groups -OCH3 is 1. The van der Waals surface area contributed by atoms with Gasteiger partial charge in [-0.3, -0.25) is 9.59 Å². The Morgan fingerprint density at radius 1 is 1.21 bits per heavy atom. The van der Waals surface area contributed by atoms with E-state index in [4.69, 9.17) is 9.47 Å². The number of nitrogens with zero attached hydrogens (tertiary/aromatic N) is 1. The summed E-state index contributed by atoms with van der Waals surface area (Å²) in [7, 11) is 1.60. The van der Waals surface area contributed by atoms with Crippen LogP contribution in [-0.4, -0.2) is 37.4 Å². The van der Waals surface area contributed by atoms with Crippen LogP contribution in [0.4, 0.5) is 5.69 Å². The largest absolute Gasteiger partial charge is 0.496 e. The van der Waals surface area contributed by atoms with Gasteiger partial charge in [0.05, 0.1) is 19.2 Å². The van der Waals surface area contributed by atoms with Gasteiger partial charge in [-0.05, 0) is 42.7 Å². The zero-order valence-electron chi connectivity index (χ0n) is 16.4. The standard InChI is InChI=1S/C22H25NO4S/c1-15-8-9-17(12-19(15)26-3)13-22(25)27-14-21(24)23-11-10-16(2)28-20-7-5-4-6-18(20)23/h4-9,12,16H,10-11,13-14H2,1-3H3. The van der Waals surface area contributed by atoms with Gasteiger partial charge in [0.15, 0.2) is 6.61 Å². The number of hydrogen-bond donors (Lipinski definition) is 0. The molecule has 3 rings (SSSR count). The average molecular weight is 400 g/mol. The minimum atomic E-state index is -0.426. The van der Waals surface area contributed by atoms with E-state index in [1.165, 1.54) is 0 Å². The summed E-state index contributed by atoms with van der Waals surface area (Å²) in [5.41, 5.74) is 2.69. The zero-order chi connectivity index (χ0) is 20.1. The van der Waals surface area contributed by atoms with Gasteiger partial charge in [0.1, 0.15) is 5.75 Å². The second kappa shape index (κ2) is 9.15. The van der Waals surface area contributed by atoms with Crippen molar-refractivity contribution in [1.29, 1.82) is 0 Å². The molecule has 0 aromatic heterocycles. The Bertz CT molecular complexity index is 867. The van der Waals surface area contributed by atoms with E-state index in [2.05, 4.69) is 6.92 Å². The van der Waals surface area contributed by atoms with Gasteiger partial charge in [0.2, 0.25) is 0 Å². The number of benzene rings is 2. The Morgan fingerprint density at radius 3 is 2.79 bits per heavy atom. The van der Waals surface area contributed by atoms with E-state index in [-0.39, 0.29) is 18.9 Å². The van der Waals surface area contributed by atoms with Crippen molar-refractivity contribution in [2.75, 3.05) is 25.2 Å². The van der Waals surface area contributed by atoms with Crippen LogP contribution in [0, 0.1) is 6.92 Å². The highest BCUT2D eigenvalue weighted by Crippen LogP contribution is 2.37. The Morgan fingerprint density at radius 2 is 2.00 bits per heavy atom. The molecule has 1 aliphatic rings. The van der Waals surface area contributed by atoms with Gasteiger partial charge in [-0.2, -0.15) is 0 Å². The molecule has 0 spiro atoms. The molecule has 2 aromatic rings. The van der Waals surface area contributed by atoms with Crippen molar-refractivity contribution in [3.05, 3.63) is 53.6 Å². The van der Waals surface area contributed by atoms with E-state index in [9.17, 15) is 9.59 Å². The highest BCUT2D eigenvalue weighted by atomic mass is 32.2. The third-order valence-corrected chi connectivity index (χ3v) is 5.96. The first-order valence-electron chi connectivity index (χ1n) is 9.33. The molecule has 1 aliphatic heterocycles. The van der Waals surface area contributed by atoms with Gasteiger partial charge in [0.25, 0.3) is 5.91 Å². The molecule has 0 N–H and O–H groups in total. The van der Waals surface area contributed by atoms with Gasteiger partial charge in [0, 0.05) is 16.7 Å². The molecule has 1 atom stereocenters. The van der Waals surface area contributed by atoms with Crippen LogP contribution in [-0.2, 0) is 20.7 Å². The maximum Gasteiger partial charge on any atom is 0.310 e. The molecule has 0 bridgehead atoms. The summed E-state index contributed by atoms with van der Waals surface area (Å²) in [6, 6.07) is 13.5. The lowest BCUT2D eigenvalue weighted by molar-refractivity contribution is -0.147. The molecule has 1 amide bonds. The van der Waals surface area contributed by atoms with Gasteiger partial charge in [-0.1, -0.05) is 31.2 Å². The fourth-order valence-electron chi connectivity index (χ4n) is 3.16. The molecular formula is C22H25NO4S. The number of anilines is 1.